The van der Waals surface area contributed by atoms with Crippen molar-refractivity contribution in [2.75, 3.05) is 26.3 Å². The first-order valence-corrected chi connectivity index (χ1v) is 12.9. The van der Waals surface area contributed by atoms with Crippen LogP contribution in [-0.2, 0) is 6.54 Å². The summed E-state index contributed by atoms with van der Waals surface area (Å²) in [4.78, 5) is 17.4. The van der Waals surface area contributed by atoms with Gasteiger partial charge in [-0.2, -0.15) is 0 Å². The summed E-state index contributed by atoms with van der Waals surface area (Å²) < 4.78 is 8.15. The van der Waals surface area contributed by atoms with E-state index in [0.717, 1.165) is 48.8 Å². The summed E-state index contributed by atoms with van der Waals surface area (Å²) in [6.45, 7) is 11.7. The second-order valence-corrected chi connectivity index (χ2v) is 11.1. The van der Waals surface area contributed by atoms with Gasteiger partial charge in [0, 0.05) is 27.9 Å². The molecule has 8 nitrogen and oxygen atoms in total. The number of aliphatic hydroxyl groups is 1. The number of amidine groups is 1. The van der Waals surface area contributed by atoms with Gasteiger partial charge >= 0.3 is 0 Å². The Bertz CT molecular complexity index is 1050. The Hall–Kier alpha value is -2.36. The third kappa shape index (κ3) is 5.47. The van der Waals surface area contributed by atoms with Crippen LogP contribution >= 0.6 is 11.8 Å². The normalized spacial score (nSPS) is 18.1. The molecule has 1 aromatic heterocycles. The van der Waals surface area contributed by atoms with E-state index in [1.54, 1.807) is 0 Å². The van der Waals surface area contributed by atoms with Gasteiger partial charge in [0.2, 0.25) is 0 Å². The van der Waals surface area contributed by atoms with Gasteiger partial charge in [0.05, 0.1) is 25.1 Å². The summed E-state index contributed by atoms with van der Waals surface area (Å²) in [6, 6.07) is 6.50. The molecule has 0 amide bonds. The van der Waals surface area contributed by atoms with Gasteiger partial charge in [-0.15, -0.1) is 11.8 Å². The van der Waals surface area contributed by atoms with Crippen LogP contribution in [0.5, 0.6) is 5.75 Å². The van der Waals surface area contributed by atoms with Crippen molar-refractivity contribution in [2.45, 2.75) is 68.8 Å². The highest BCUT2D eigenvalue weighted by Crippen LogP contribution is 2.38. The van der Waals surface area contributed by atoms with Crippen LogP contribution in [0.4, 0.5) is 0 Å². The number of nitrogens with two attached hydrogens (primary N) is 1. The summed E-state index contributed by atoms with van der Waals surface area (Å²) in [5, 5.41) is 10.2. The number of aliphatic hydroxyl groups excluding tert-OH is 1. The Balaban J connectivity index is 1.56. The van der Waals surface area contributed by atoms with Crippen LogP contribution in [0.3, 0.4) is 0 Å². The Labute approximate surface area is 206 Å². The average molecular weight is 485 g/mol. The first kappa shape index (κ1) is 24.8. The molecule has 2 aliphatic heterocycles. The predicted octanol–water partition coefficient (Wildman–Crippen LogP) is 3.41. The first-order chi connectivity index (χ1) is 16.3. The number of hydrogen-bond donors (Lipinski definition) is 2. The molecule has 2 aromatic rings. The van der Waals surface area contributed by atoms with Crippen LogP contribution in [0.25, 0.3) is 11.4 Å². The summed E-state index contributed by atoms with van der Waals surface area (Å²) in [5.41, 5.74) is 7.13. The Kier molecular flexibility index (Phi) is 7.64. The zero-order chi connectivity index (χ0) is 24.3. The van der Waals surface area contributed by atoms with Gasteiger partial charge in [0.1, 0.15) is 23.9 Å². The number of nitrogens with zero attached hydrogens (tertiary/aromatic N) is 5. The average Bonchev–Trinajstić information content (AvgIpc) is 3.16. The molecule has 0 saturated carbocycles. The van der Waals surface area contributed by atoms with Gasteiger partial charge in [-0.1, -0.05) is 0 Å². The number of imidazole rings is 1. The van der Waals surface area contributed by atoms with Crippen LogP contribution in [0.1, 0.15) is 46.2 Å². The van der Waals surface area contributed by atoms with Crippen LogP contribution in [0, 0.1) is 0 Å². The van der Waals surface area contributed by atoms with E-state index in [0.29, 0.717) is 24.2 Å². The number of fused-ring (bicyclic) bond motifs is 3. The summed E-state index contributed by atoms with van der Waals surface area (Å²) in [5.74, 6) is 2.27. The minimum absolute atomic E-state index is 0.0909. The topological polar surface area (TPSA) is 101 Å². The van der Waals surface area contributed by atoms with E-state index in [2.05, 4.69) is 51.5 Å². The SMILES string of the molecule is CC(C)N=C(N=CN)c1cn2c(n1)-c1cc(SC3CCN(C(C)(C)CO)CC3)ccc1OCC2. The molecule has 1 fully saturated rings. The molecule has 0 spiro atoms. The largest absolute Gasteiger partial charge is 0.491 e. The molecule has 3 N–H and O–H groups in total. The second kappa shape index (κ2) is 10.5. The number of hydrogen-bond acceptors (Lipinski definition) is 6. The lowest BCUT2D eigenvalue weighted by Crippen LogP contribution is -2.50. The highest BCUT2D eigenvalue weighted by molar-refractivity contribution is 8.00. The van der Waals surface area contributed by atoms with E-state index in [1.165, 1.54) is 11.2 Å². The molecule has 3 heterocycles. The smallest absolute Gasteiger partial charge is 0.176 e. The number of likely N-dealkylation sites (tertiary alicyclic amines) is 1. The quantitative estimate of drug-likeness (QED) is 0.481. The minimum atomic E-state index is -0.155. The molecular weight excluding hydrogens is 448 g/mol. The number of benzene rings is 1. The fourth-order valence-electron chi connectivity index (χ4n) is 4.40. The monoisotopic (exact) mass is 484 g/mol. The Morgan fingerprint density at radius 1 is 1.32 bits per heavy atom. The Morgan fingerprint density at radius 2 is 2.09 bits per heavy atom. The van der Waals surface area contributed by atoms with Crippen molar-refractivity contribution in [1.82, 2.24) is 14.5 Å². The molecule has 34 heavy (non-hydrogen) atoms. The molecule has 9 heteroatoms. The van der Waals surface area contributed by atoms with Crippen LogP contribution in [0.2, 0.25) is 0 Å². The Morgan fingerprint density at radius 3 is 2.76 bits per heavy atom. The first-order valence-electron chi connectivity index (χ1n) is 12.0. The van der Waals surface area contributed by atoms with Crippen molar-refractivity contribution in [3.8, 4) is 17.1 Å². The molecule has 0 aliphatic carbocycles. The lowest BCUT2D eigenvalue weighted by molar-refractivity contribution is 0.0437. The predicted molar refractivity (Wildman–Crippen MR) is 139 cm³/mol. The minimum Gasteiger partial charge on any atom is -0.491 e. The van der Waals surface area contributed by atoms with Gasteiger partial charge < -0.3 is 20.1 Å². The maximum Gasteiger partial charge on any atom is 0.176 e. The van der Waals surface area contributed by atoms with Gasteiger partial charge in [-0.25, -0.2) is 9.98 Å². The highest BCUT2D eigenvalue weighted by atomic mass is 32.2. The second-order valence-electron chi connectivity index (χ2n) is 9.75. The number of aliphatic imine (C=N–C) groups is 2. The molecule has 0 atom stereocenters. The molecule has 0 bridgehead atoms. The van der Waals surface area contributed by atoms with Gasteiger partial charge in [0.25, 0.3) is 0 Å². The van der Waals surface area contributed by atoms with Crippen molar-refractivity contribution in [3.05, 3.63) is 30.1 Å². The highest BCUT2D eigenvalue weighted by Gasteiger charge is 2.30. The zero-order valence-corrected chi connectivity index (χ0v) is 21.4. The number of piperidine rings is 1. The molecular formula is C25H36N6O2S. The maximum atomic E-state index is 9.68. The maximum absolute atomic E-state index is 9.68. The molecule has 4 rings (SSSR count). The van der Waals surface area contributed by atoms with Crippen molar-refractivity contribution in [2.24, 2.45) is 15.7 Å². The van der Waals surface area contributed by atoms with E-state index in [9.17, 15) is 5.11 Å². The van der Waals surface area contributed by atoms with E-state index < -0.39 is 0 Å². The summed E-state index contributed by atoms with van der Waals surface area (Å²) >= 11 is 1.92. The lowest BCUT2D eigenvalue weighted by atomic mass is 9.99. The van der Waals surface area contributed by atoms with Crippen molar-refractivity contribution in [1.29, 1.82) is 0 Å². The van der Waals surface area contributed by atoms with Crippen LogP contribution in [-0.4, -0.2) is 74.9 Å². The number of thioether (sulfide) groups is 1. The van der Waals surface area contributed by atoms with E-state index >= 15 is 0 Å². The van der Waals surface area contributed by atoms with Gasteiger partial charge in [-0.05, 0) is 71.8 Å². The summed E-state index contributed by atoms with van der Waals surface area (Å²) in [6.07, 6.45) is 5.46. The fourth-order valence-corrected chi connectivity index (χ4v) is 5.56. The lowest BCUT2D eigenvalue weighted by Gasteiger charge is -2.41. The summed E-state index contributed by atoms with van der Waals surface area (Å²) in [7, 11) is 0. The van der Waals surface area contributed by atoms with Crippen molar-refractivity contribution < 1.29 is 9.84 Å². The molecule has 0 radical (unpaired) electrons. The van der Waals surface area contributed by atoms with Crippen molar-refractivity contribution >= 4 is 23.9 Å². The third-order valence-electron chi connectivity index (χ3n) is 6.35. The third-order valence-corrected chi connectivity index (χ3v) is 7.68. The number of rotatable bonds is 6. The van der Waals surface area contributed by atoms with Crippen LogP contribution < -0.4 is 10.5 Å². The van der Waals surface area contributed by atoms with E-state index in [4.69, 9.17) is 15.5 Å². The van der Waals surface area contributed by atoms with E-state index in [-0.39, 0.29) is 18.2 Å². The van der Waals surface area contributed by atoms with Crippen LogP contribution in [0.15, 0.2) is 39.3 Å². The molecule has 0 unspecified atom stereocenters. The van der Waals surface area contributed by atoms with E-state index in [1.807, 2.05) is 31.8 Å². The zero-order valence-electron chi connectivity index (χ0n) is 20.6. The van der Waals surface area contributed by atoms with Gasteiger partial charge in [-0.3, -0.25) is 9.89 Å². The number of ether oxygens (including phenoxy) is 1. The molecule has 2 aliphatic rings. The van der Waals surface area contributed by atoms with Gasteiger partial charge in [0.15, 0.2) is 5.84 Å². The van der Waals surface area contributed by atoms with Crippen molar-refractivity contribution in [3.63, 3.8) is 0 Å². The molecule has 184 valence electrons. The molecule has 1 saturated heterocycles. The number of aromatic nitrogens is 2. The standard InChI is InChI=1S/C25H36N6O2S/c1-17(2)28-23(27-16-26)21-14-30-11-12-33-22-6-5-19(13-20(22)24(30)29-21)34-18-7-9-31(10-8-18)25(3,4)15-32/h5-6,13-14,16-18,32H,7-12,15H2,1-4H3,(H2,26,27,28). The molecule has 1 aromatic carbocycles. The fraction of sp³-hybridized carbons (Fsp3) is 0.560.